The van der Waals surface area contributed by atoms with Gasteiger partial charge in [0.1, 0.15) is 0 Å². The lowest BCUT2D eigenvalue weighted by Gasteiger charge is -2.13. The Hall–Kier alpha value is -7.98. The number of carbonyl (C=O) groups excluding carboxylic acids is 2. The number of anilines is 2. The molecule has 9 aromatic rings. The summed E-state index contributed by atoms with van der Waals surface area (Å²) in [7, 11) is -3.62. The molecular weight excluding hydrogens is 926 g/mol. The topological polar surface area (TPSA) is 239 Å². The normalized spacial score (nSPS) is 13.5. The van der Waals surface area contributed by atoms with Crippen molar-refractivity contribution < 1.29 is 18.0 Å². The van der Waals surface area contributed by atoms with Crippen LogP contribution in [0, 0.1) is 25.2 Å². The molecule has 0 bridgehead atoms. The maximum Gasteiger partial charge on any atom is 0.253 e. The molecule has 0 unspecified atom stereocenters. The number of aryl methyl sites for hydroxylation is 2. The molecule has 2 amide bonds. The van der Waals surface area contributed by atoms with E-state index in [0.29, 0.717) is 62.7 Å². The molecule has 17 nitrogen and oxygen atoms in total. The number of aromatic nitrogens is 7. The Kier molecular flexibility index (Phi) is 12.3. The third kappa shape index (κ3) is 9.81. The lowest BCUT2D eigenvalue weighted by atomic mass is 10.1. The van der Waals surface area contributed by atoms with Crippen LogP contribution in [0.4, 0.5) is 11.6 Å². The standard InChI is InChI=1S/C27H21N7O.C24H25ClN6O3S/c28-13-17-3-10-23-22(12-17)33-25(30-15-18-2-1-11-29-14-18)26-31-16-24(34(23)26)19-4-6-20(7-5-19)27(35)32-21-8-9-21;1-13-9-19-20(10-14(13)2)31-21(12-28-23(31)22(30-19)27-7-8-35(26,33)34)15-3-6-17(18(25)11-15)24(32)29-16-4-5-16/h1-7,10-12,14,16,21H,8-9,15H2,(H,30,33)(H,32,35);3,6,9-12,16H,4-5,7-8H2,1-2H3,(H,27,30)(H,29,32)(H2,26,33,34). The first-order valence-corrected chi connectivity index (χ1v) is 24.8. The van der Waals surface area contributed by atoms with E-state index in [4.69, 9.17) is 26.7 Å². The zero-order valence-electron chi connectivity index (χ0n) is 38.1. The predicted octanol–water partition coefficient (Wildman–Crippen LogP) is 7.73. The maximum absolute atomic E-state index is 12.5. The van der Waals surface area contributed by atoms with Gasteiger partial charge < -0.3 is 21.3 Å². The first kappa shape index (κ1) is 45.8. The Morgan fingerprint density at radius 1 is 0.757 bits per heavy atom. The molecule has 5 heterocycles. The Morgan fingerprint density at radius 2 is 1.39 bits per heavy atom. The number of imidazole rings is 2. The van der Waals surface area contributed by atoms with Gasteiger partial charge >= 0.3 is 0 Å². The van der Waals surface area contributed by atoms with E-state index in [0.717, 1.165) is 81.4 Å². The molecule has 0 aliphatic heterocycles. The lowest BCUT2D eigenvalue weighted by Crippen LogP contribution is -2.25. The molecule has 11 rings (SSSR count). The van der Waals surface area contributed by atoms with Gasteiger partial charge in [-0.05, 0) is 117 Å². The quantitative estimate of drug-likeness (QED) is 0.0746. The molecule has 2 saturated carbocycles. The highest BCUT2D eigenvalue weighted by Gasteiger charge is 2.26. The van der Waals surface area contributed by atoms with Gasteiger partial charge in [0, 0.05) is 54.3 Å². The SMILES string of the molecule is Cc1cc2nc(NCCS(N)(=O)=O)c3ncc(-c4ccc(C(=O)NC5CC5)c(Cl)c4)n3c2cc1C.N#Cc1ccc2c(c1)nc(NCc1cccnc1)c1ncc(-c3ccc(C(=O)NC4CC4)cc3)n12. The van der Waals surface area contributed by atoms with Gasteiger partial charge in [0.05, 0.1) is 73.8 Å². The van der Waals surface area contributed by atoms with Crippen LogP contribution in [0.3, 0.4) is 0 Å². The Balaban J connectivity index is 0.000000162. The zero-order valence-corrected chi connectivity index (χ0v) is 39.6. The van der Waals surface area contributed by atoms with E-state index < -0.39 is 10.0 Å². The number of nitrogens with two attached hydrogens (primary N) is 1. The summed E-state index contributed by atoms with van der Waals surface area (Å²) in [6.45, 7) is 4.66. The second-order valence-electron chi connectivity index (χ2n) is 17.5. The average molecular weight is 973 g/mol. The van der Waals surface area contributed by atoms with Gasteiger partial charge in [-0.1, -0.05) is 35.9 Å². The van der Waals surface area contributed by atoms with Crippen LogP contribution in [0.15, 0.2) is 110 Å². The number of halogens is 1. The fourth-order valence-corrected chi connectivity index (χ4v) is 8.73. The van der Waals surface area contributed by atoms with Crippen molar-refractivity contribution in [3.8, 4) is 28.6 Å². The van der Waals surface area contributed by atoms with Crippen molar-refractivity contribution in [3.05, 3.63) is 148 Å². The number of primary sulfonamides is 1. The first-order chi connectivity index (χ1) is 33.8. The fraction of sp³-hybridized carbons (Fsp3) is 0.216. The monoisotopic (exact) mass is 971 g/mol. The van der Waals surface area contributed by atoms with Crippen LogP contribution >= 0.6 is 11.6 Å². The van der Waals surface area contributed by atoms with Crippen molar-refractivity contribution in [3.63, 3.8) is 0 Å². The predicted molar refractivity (Wildman–Crippen MR) is 270 cm³/mol. The number of nitrogens with one attached hydrogen (secondary N) is 4. The summed E-state index contributed by atoms with van der Waals surface area (Å²) < 4.78 is 26.8. The molecule has 2 aliphatic rings. The van der Waals surface area contributed by atoms with Crippen LogP contribution in [-0.2, 0) is 16.6 Å². The minimum Gasteiger partial charge on any atom is -0.366 e. The van der Waals surface area contributed by atoms with E-state index in [1.54, 1.807) is 42.9 Å². The number of fused-ring (bicyclic) bond motifs is 6. The number of amides is 2. The second-order valence-corrected chi connectivity index (χ2v) is 19.7. The van der Waals surface area contributed by atoms with Gasteiger partial charge in [0.2, 0.25) is 10.0 Å². The molecule has 2 fully saturated rings. The number of carbonyl (C=O) groups is 2. The van der Waals surface area contributed by atoms with E-state index >= 15 is 0 Å². The molecule has 4 aromatic carbocycles. The number of nitrogens with zero attached hydrogens (tertiary/aromatic N) is 8. The van der Waals surface area contributed by atoms with Crippen LogP contribution < -0.4 is 26.4 Å². The molecular formula is C51H46ClN13O4S. The largest absolute Gasteiger partial charge is 0.366 e. The Morgan fingerprint density at radius 3 is 2.03 bits per heavy atom. The summed E-state index contributed by atoms with van der Waals surface area (Å²) >= 11 is 6.52. The number of hydrogen-bond donors (Lipinski definition) is 5. The van der Waals surface area contributed by atoms with E-state index in [-0.39, 0.29) is 30.2 Å². The minimum absolute atomic E-state index is 0.0437. The highest BCUT2D eigenvalue weighted by molar-refractivity contribution is 7.89. The van der Waals surface area contributed by atoms with Crippen LogP contribution in [0.5, 0.6) is 0 Å². The number of rotatable bonds is 13. The zero-order chi connectivity index (χ0) is 48.7. The molecule has 0 radical (unpaired) electrons. The van der Waals surface area contributed by atoms with Gasteiger partial charge in [0.25, 0.3) is 11.8 Å². The van der Waals surface area contributed by atoms with Gasteiger partial charge in [0.15, 0.2) is 22.9 Å². The van der Waals surface area contributed by atoms with Crippen LogP contribution in [0.25, 0.3) is 55.9 Å². The van der Waals surface area contributed by atoms with Crippen molar-refractivity contribution in [1.82, 2.24) is 44.4 Å². The molecule has 6 N–H and O–H groups in total. The van der Waals surface area contributed by atoms with Crippen LogP contribution in [0.2, 0.25) is 5.02 Å². The van der Waals surface area contributed by atoms with Gasteiger partial charge in [-0.25, -0.2) is 33.5 Å². The molecule has 352 valence electrons. The molecule has 0 spiro atoms. The van der Waals surface area contributed by atoms with E-state index in [9.17, 15) is 23.3 Å². The number of benzene rings is 4. The summed E-state index contributed by atoms with van der Waals surface area (Å²) in [5.41, 5.74) is 12.5. The first-order valence-electron chi connectivity index (χ1n) is 22.7. The highest BCUT2D eigenvalue weighted by Crippen LogP contribution is 2.33. The van der Waals surface area contributed by atoms with E-state index in [1.165, 1.54) is 0 Å². The minimum atomic E-state index is -3.62. The summed E-state index contributed by atoms with van der Waals surface area (Å²) in [4.78, 5) is 47.8. The van der Waals surface area contributed by atoms with Crippen molar-refractivity contribution in [1.29, 1.82) is 5.26 Å². The fourth-order valence-electron chi connectivity index (χ4n) is 8.08. The Labute approximate surface area is 407 Å². The van der Waals surface area contributed by atoms with Crippen LogP contribution in [-0.4, -0.2) is 78.3 Å². The highest BCUT2D eigenvalue weighted by atomic mass is 35.5. The van der Waals surface area contributed by atoms with Crippen molar-refractivity contribution >= 4 is 78.4 Å². The molecule has 0 atom stereocenters. The lowest BCUT2D eigenvalue weighted by molar-refractivity contribution is 0.0942. The second kappa shape index (κ2) is 18.8. The number of sulfonamides is 1. The number of pyridine rings is 1. The van der Waals surface area contributed by atoms with Crippen molar-refractivity contribution in [2.75, 3.05) is 22.9 Å². The molecule has 70 heavy (non-hydrogen) atoms. The van der Waals surface area contributed by atoms with Gasteiger partial charge in [-0.15, -0.1) is 0 Å². The van der Waals surface area contributed by atoms with Gasteiger partial charge in [-0.2, -0.15) is 5.26 Å². The van der Waals surface area contributed by atoms with E-state index in [1.807, 2.05) is 89.5 Å². The van der Waals surface area contributed by atoms with Crippen LogP contribution in [0.1, 0.15) is 68.7 Å². The van der Waals surface area contributed by atoms with Crippen molar-refractivity contribution in [2.45, 2.75) is 58.2 Å². The smallest absolute Gasteiger partial charge is 0.253 e. The third-order valence-electron chi connectivity index (χ3n) is 12.2. The Bertz CT molecular complexity index is 3680. The molecule has 19 heteroatoms. The molecule has 5 aromatic heterocycles. The number of nitriles is 1. The summed E-state index contributed by atoms with van der Waals surface area (Å²) in [6.07, 6.45) is 11.2. The molecule has 2 aliphatic carbocycles. The van der Waals surface area contributed by atoms with E-state index in [2.05, 4.69) is 42.3 Å². The molecule has 0 saturated heterocycles. The maximum atomic E-state index is 12.5. The van der Waals surface area contributed by atoms with Gasteiger partial charge in [-0.3, -0.25) is 23.4 Å². The number of hydrogen-bond acceptors (Lipinski definition) is 12. The third-order valence-corrected chi connectivity index (χ3v) is 13.3. The van der Waals surface area contributed by atoms with Crippen molar-refractivity contribution in [2.24, 2.45) is 5.14 Å². The summed E-state index contributed by atoms with van der Waals surface area (Å²) in [6, 6.07) is 29.0. The summed E-state index contributed by atoms with van der Waals surface area (Å²) in [5.74, 6) is 0.603. The summed E-state index contributed by atoms with van der Waals surface area (Å²) in [5, 5.41) is 27.3. The average Bonchev–Trinajstić information content (AvgIpc) is 4.26.